The monoisotopic (exact) mass is 406 g/mol. The van der Waals surface area contributed by atoms with Gasteiger partial charge in [0.2, 0.25) is 5.82 Å². The molecule has 6 nitrogen and oxygen atoms in total. The van der Waals surface area contributed by atoms with Crippen LogP contribution in [0, 0.1) is 19.7 Å². The smallest absolute Gasteiger partial charge is 0.322 e. The quantitative estimate of drug-likeness (QED) is 0.661. The minimum atomic E-state index is -0.430. The molecular weight excluding hydrogens is 383 g/mol. The lowest BCUT2D eigenvalue weighted by molar-refractivity contribution is 0.207. The number of carbonyl (C=O) groups is 1. The molecule has 4 rings (SSSR count). The Bertz CT molecular complexity index is 1150. The van der Waals surface area contributed by atoms with Crippen molar-refractivity contribution in [3.05, 3.63) is 76.6 Å². The third kappa shape index (κ3) is 3.47. The van der Waals surface area contributed by atoms with E-state index in [9.17, 15) is 9.18 Å². The van der Waals surface area contributed by atoms with Crippen molar-refractivity contribution in [1.82, 2.24) is 20.4 Å². The average Bonchev–Trinajstić information content (AvgIpc) is 3.19. The van der Waals surface area contributed by atoms with E-state index in [2.05, 4.69) is 21.5 Å². The van der Waals surface area contributed by atoms with Crippen LogP contribution in [0.15, 0.2) is 52.7 Å². The number of urea groups is 1. The van der Waals surface area contributed by atoms with Crippen LogP contribution in [0.1, 0.15) is 42.5 Å². The van der Waals surface area contributed by atoms with Crippen molar-refractivity contribution in [1.29, 1.82) is 0 Å². The Kier molecular flexibility index (Phi) is 5.11. The minimum Gasteiger partial charge on any atom is -0.334 e. The molecule has 1 aliphatic heterocycles. The van der Waals surface area contributed by atoms with Crippen molar-refractivity contribution in [2.24, 2.45) is 0 Å². The molecule has 3 aromatic rings. The number of rotatable bonds is 4. The molecule has 0 saturated carbocycles. The lowest BCUT2D eigenvalue weighted by Crippen LogP contribution is -2.45. The third-order valence-electron chi connectivity index (χ3n) is 5.52. The molecule has 0 bridgehead atoms. The fraction of sp³-hybridized carbons (Fsp3) is 0.261. The van der Waals surface area contributed by atoms with Gasteiger partial charge in [-0.05, 0) is 56.5 Å². The van der Waals surface area contributed by atoms with Crippen LogP contribution in [0.25, 0.3) is 17.0 Å². The molecule has 0 saturated heterocycles. The Hall–Kier alpha value is -3.48. The summed E-state index contributed by atoms with van der Waals surface area (Å²) in [6.07, 6.45) is 0. The summed E-state index contributed by atoms with van der Waals surface area (Å²) in [5.74, 6) is 0.223. The van der Waals surface area contributed by atoms with Gasteiger partial charge in [0, 0.05) is 17.8 Å². The summed E-state index contributed by atoms with van der Waals surface area (Å²) in [5.41, 5.74) is 5.24. The highest BCUT2D eigenvalue weighted by atomic mass is 19.1. The van der Waals surface area contributed by atoms with Gasteiger partial charge < -0.3 is 9.84 Å². The fourth-order valence-corrected chi connectivity index (χ4v) is 3.71. The predicted molar refractivity (Wildman–Crippen MR) is 112 cm³/mol. The molecule has 2 heterocycles. The maximum absolute atomic E-state index is 13.6. The molecule has 154 valence electrons. The Morgan fingerprint density at radius 2 is 1.93 bits per heavy atom. The number of aryl methyl sites for hydroxylation is 2. The topological polar surface area (TPSA) is 71.3 Å². The van der Waals surface area contributed by atoms with Crippen LogP contribution < -0.4 is 5.32 Å². The molecule has 0 spiro atoms. The standard InChI is InChI=1S/C23H23FN4O2/c1-5-28-15(4)19(20(25-23(28)29)16-10-9-13(2)14(3)11-16)22-26-21(27-30-22)17-7-6-8-18(24)12-17/h6-12,20H,5H2,1-4H3,(H,25,29). The predicted octanol–water partition coefficient (Wildman–Crippen LogP) is 5.01. The third-order valence-corrected chi connectivity index (χ3v) is 5.52. The molecule has 2 amide bonds. The van der Waals surface area contributed by atoms with Crippen LogP contribution in [-0.4, -0.2) is 27.6 Å². The zero-order chi connectivity index (χ0) is 21.4. The molecular formula is C23H23FN4O2. The maximum Gasteiger partial charge on any atom is 0.322 e. The number of amides is 2. The molecule has 7 heteroatoms. The minimum absolute atomic E-state index is 0.174. The van der Waals surface area contributed by atoms with Gasteiger partial charge in [0.1, 0.15) is 5.82 Å². The summed E-state index contributed by atoms with van der Waals surface area (Å²) in [6.45, 7) is 8.36. The Balaban J connectivity index is 1.83. The van der Waals surface area contributed by atoms with E-state index < -0.39 is 6.04 Å². The van der Waals surface area contributed by atoms with Gasteiger partial charge in [-0.15, -0.1) is 0 Å². The number of benzene rings is 2. The summed E-state index contributed by atoms with van der Waals surface area (Å²) in [5, 5.41) is 7.11. The van der Waals surface area contributed by atoms with Crippen molar-refractivity contribution in [2.75, 3.05) is 6.54 Å². The van der Waals surface area contributed by atoms with E-state index >= 15 is 0 Å². The zero-order valence-corrected chi connectivity index (χ0v) is 17.4. The second-order valence-electron chi connectivity index (χ2n) is 7.40. The van der Waals surface area contributed by atoms with Crippen molar-refractivity contribution in [3.8, 4) is 11.4 Å². The van der Waals surface area contributed by atoms with Crippen LogP contribution >= 0.6 is 0 Å². The van der Waals surface area contributed by atoms with Crippen LogP contribution in [0.4, 0.5) is 9.18 Å². The molecule has 2 aromatic carbocycles. The summed E-state index contributed by atoms with van der Waals surface area (Å²) < 4.78 is 19.2. The number of aromatic nitrogens is 2. The second kappa shape index (κ2) is 7.74. The molecule has 1 aliphatic rings. The van der Waals surface area contributed by atoms with E-state index in [0.29, 0.717) is 23.8 Å². The molecule has 0 aliphatic carbocycles. The number of allylic oxidation sites excluding steroid dienone is 1. The van der Waals surface area contributed by atoms with Gasteiger partial charge in [-0.1, -0.05) is 35.5 Å². The molecule has 0 fully saturated rings. The normalized spacial score (nSPS) is 16.8. The largest absolute Gasteiger partial charge is 0.334 e. The van der Waals surface area contributed by atoms with Crippen LogP contribution in [-0.2, 0) is 0 Å². The summed E-state index contributed by atoms with van der Waals surface area (Å²) in [4.78, 5) is 18.8. The molecule has 1 N–H and O–H groups in total. The van der Waals surface area contributed by atoms with Gasteiger partial charge in [0.05, 0.1) is 11.6 Å². The average molecular weight is 406 g/mol. The van der Waals surface area contributed by atoms with Crippen LogP contribution in [0.3, 0.4) is 0 Å². The number of hydrogen-bond donors (Lipinski definition) is 1. The molecule has 1 unspecified atom stereocenters. The summed E-state index contributed by atoms with van der Waals surface area (Å²) in [7, 11) is 0. The van der Waals surface area contributed by atoms with E-state index in [4.69, 9.17) is 4.52 Å². The summed E-state index contributed by atoms with van der Waals surface area (Å²) >= 11 is 0. The van der Waals surface area contributed by atoms with E-state index in [1.807, 2.05) is 39.8 Å². The first-order valence-corrected chi connectivity index (χ1v) is 9.85. The number of hydrogen-bond acceptors (Lipinski definition) is 4. The number of nitrogens with one attached hydrogen (secondary N) is 1. The van der Waals surface area contributed by atoms with Gasteiger partial charge in [0.15, 0.2) is 0 Å². The van der Waals surface area contributed by atoms with Gasteiger partial charge in [-0.25, -0.2) is 9.18 Å². The van der Waals surface area contributed by atoms with E-state index in [0.717, 1.165) is 22.4 Å². The van der Waals surface area contributed by atoms with Crippen LogP contribution in [0.5, 0.6) is 0 Å². The van der Waals surface area contributed by atoms with Crippen molar-refractivity contribution in [2.45, 2.75) is 33.7 Å². The van der Waals surface area contributed by atoms with Gasteiger partial charge in [-0.2, -0.15) is 4.98 Å². The fourth-order valence-electron chi connectivity index (χ4n) is 3.71. The zero-order valence-electron chi connectivity index (χ0n) is 17.4. The summed E-state index contributed by atoms with van der Waals surface area (Å²) in [6, 6.07) is 11.5. The molecule has 1 aromatic heterocycles. The van der Waals surface area contributed by atoms with Gasteiger partial charge in [-0.3, -0.25) is 4.90 Å². The highest BCUT2D eigenvalue weighted by molar-refractivity contribution is 5.86. The van der Waals surface area contributed by atoms with Gasteiger partial charge in [0.25, 0.3) is 5.89 Å². The highest BCUT2D eigenvalue weighted by Crippen LogP contribution is 2.37. The number of halogens is 1. The SMILES string of the molecule is CCN1C(=O)NC(c2ccc(C)c(C)c2)C(c2nc(-c3cccc(F)c3)no2)=C1C. The van der Waals surface area contributed by atoms with E-state index in [1.165, 1.54) is 17.7 Å². The number of carbonyl (C=O) groups excluding carboxylic acids is 1. The molecule has 30 heavy (non-hydrogen) atoms. The highest BCUT2D eigenvalue weighted by Gasteiger charge is 2.35. The second-order valence-corrected chi connectivity index (χ2v) is 7.40. The van der Waals surface area contributed by atoms with E-state index in [1.54, 1.807) is 17.0 Å². The van der Waals surface area contributed by atoms with Crippen molar-refractivity contribution >= 4 is 11.6 Å². The Morgan fingerprint density at radius 3 is 2.63 bits per heavy atom. The van der Waals surface area contributed by atoms with Crippen molar-refractivity contribution in [3.63, 3.8) is 0 Å². The van der Waals surface area contributed by atoms with E-state index in [-0.39, 0.29) is 11.8 Å². The Morgan fingerprint density at radius 1 is 1.13 bits per heavy atom. The van der Waals surface area contributed by atoms with Crippen molar-refractivity contribution < 1.29 is 13.7 Å². The molecule has 1 atom stereocenters. The van der Waals surface area contributed by atoms with Gasteiger partial charge >= 0.3 is 6.03 Å². The maximum atomic E-state index is 13.6. The first-order valence-electron chi connectivity index (χ1n) is 9.85. The molecule has 0 radical (unpaired) electrons. The first kappa shape index (κ1) is 19.8. The lowest BCUT2D eigenvalue weighted by Gasteiger charge is -2.34. The first-order chi connectivity index (χ1) is 14.4. The Labute approximate surface area is 174 Å². The lowest BCUT2D eigenvalue weighted by atomic mass is 9.92. The number of nitrogens with zero attached hydrogens (tertiary/aromatic N) is 3. The van der Waals surface area contributed by atoms with Crippen LogP contribution in [0.2, 0.25) is 0 Å².